The highest BCUT2D eigenvalue weighted by Crippen LogP contribution is 2.34. The summed E-state index contributed by atoms with van der Waals surface area (Å²) in [6.45, 7) is 3.68. The maximum atomic E-state index is 9.46. The zero-order valence-electron chi connectivity index (χ0n) is 13.2. The Balaban J connectivity index is 1.62. The van der Waals surface area contributed by atoms with Crippen LogP contribution in [0.25, 0.3) is 11.6 Å². The maximum absolute atomic E-state index is 9.46. The average Bonchev–Trinajstić information content (AvgIpc) is 3.12. The van der Waals surface area contributed by atoms with Gasteiger partial charge in [-0.15, -0.1) is 0 Å². The molecule has 1 aromatic heterocycles. The standard InChI is InChI=1S/C17H21N3O2S/c1-12(21)20-17(2)19-10-14(23-17)8-9-16-18-11-15(22-16)13-6-4-3-5-7-13/h3-4,6,8-12,19-21H,5,7H2,1-2H3/b9-8+. The summed E-state index contributed by atoms with van der Waals surface area (Å²) >= 11 is 1.60. The fourth-order valence-electron chi connectivity index (χ4n) is 2.53. The molecule has 2 unspecified atom stereocenters. The highest BCUT2D eigenvalue weighted by Gasteiger charge is 2.30. The van der Waals surface area contributed by atoms with Crippen LogP contribution in [0.3, 0.4) is 0 Å². The molecule has 1 aromatic rings. The molecule has 0 fully saturated rings. The molecule has 0 bridgehead atoms. The molecule has 3 rings (SSSR count). The molecule has 2 atom stereocenters. The first kappa shape index (κ1) is 16.1. The number of nitrogens with one attached hydrogen (secondary N) is 2. The largest absolute Gasteiger partial charge is 0.437 e. The van der Waals surface area contributed by atoms with E-state index in [1.54, 1.807) is 24.9 Å². The third-order valence-corrected chi connectivity index (χ3v) is 4.67. The van der Waals surface area contributed by atoms with Crippen LogP contribution in [-0.2, 0) is 0 Å². The smallest absolute Gasteiger partial charge is 0.219 e. The van der Waals surface area contributed by atoms with Crippen LogP contribution in [0.15, 0.2) is 46.0 Å². The van der Waals surface area contributed by atoms with Gasteiger partial charge in [0.25, 0.3) is 0 Å². The van der Waals surface area contributed by atoms with E-state index in [2.05, 4.69) is 33.8 Å². The van der Waals surface area contributed by atoms with E-state index in [1.807, 2.05) is 25.3 Å². The minimum Gasteiger partial charge on any atom is -0.437 e. The summed E-state index contributed by atoms with van der Waals surface area (Å²) in [4.78, 5) is 4.94. The lowest BCUT2D eigenvalue weighted by Crippen LogP contribution is -2.51. The van der Waals surface area contributed by atoms with Gasteiger partial charge in [0.15, 0.2) is 5.76 Å². The van der Waals surface area contributed by atoms with Crippen molar-refractivity contribution in [3.8, 4) is 0 Å². The van der Waals surface area contributed by atoms with Crippen molar-refractivity contribution in [1.29, 1.82) is 0 Å². The van der Waals surface area contributed by atoms with E-state index in [-0.39, 0.29) is 0 Å². The molecule has 2 heterocycles. The molecule has 122 valence electrons. The maximum Gasteiger partial charge on any atom is 0.219 e. The van der Waals surface area contributed by atoms with Crippen LogP contribution in [0.4, 0.5) is 0 Å². The second-order valence-electron chi connectivity index (χ2n) is 5.70. The van der Waals surface area contributed by atoms with Gasteiger partial charge in [-0.25, -0.2) is 4.98 Å². The van der Waals surface area contributed by atoms with Gasteiger partial charge in [0.2, 0.25) is 5.89 Å². The number of nitrogens with zero attached hydrogens (tertiary/aromatic N) is 1. The summed E-state index contributed by atoms with van der Waals surface area (Å²) in [6, 6.07) is 0. The molecule has 5 nitrogen and oxygen atoms in total. The fourth-order valence-corrected chi connectivity index (χ4v) is 3.60. The number of rotatable bonds is 5. The van der Waals surface area contributed by atoms with Crippen LogP contribution in [0.2, 0.25) is 0 Å². The average molecular weight is 331 g/mol. The molecule has 0 saturated heterocycles. The Bertz CT molecular complexity index is 688. The molecule has 0 radical (unpaired) electrons. The molecule has 6 heteroatoms. The van der Waals surface area contributed by atoms with Gasteiger partial charge >= 0.3 is 0 Å². The second kappa shape index (κ2) is 6.78. The van der Waals surface area contributed by atoms with Crippen LogP contribution in [0, 0.1) is 0 Å². The lowest BCUT2D eigenvalue weighted by Gasteiger charge is -2.27. The number of aliphatic hydroxyl groups is 1. The van der Waals surface area contributed by atoms with Crippen LogP contribution >= 0.6 is 11.8 Å². The van der Waals surface area contributed by atoms with E-state index in [9.17, 15) is 5.11 Å². The summed E-state index contributed by atoms with van der Waals surface area (Å²) < 4.78 is 5.79. The molecule has 1 aliphatic heterocycles. The predicted octanol–water partition coefficient (Wildman–Crippen LogP) is 3.20. The molecule has 3 N–H and O–H groups in total. The number of aliphatic hydroxyl groups excluding tert-OH is 1. The number of allylic oxidation sites excluding steroid dienone is 5. The van der Waals surface area contributed by atoms with Crippen molar-refractivity contribution in [2.24, 2.45) is 0 Å². The number of aromatic nitrogens is 1. The van der Waals surface area contributed by atoms with Crippen molar-refractivity contribution in [2.75, 3.05) is 0 Å². The molecule has 0 saturated carbocycles. The zero-order chi connectivity index (χ0) is 16.3. The minimum absolute atomic E-state index is 0.408. The van der Waals surface area contributed by atoms with Gasteiger partial charge in [0, 0.05) is 17.2 Å². The molecule has 23 heavy (non-hydrogen) atoms. The Labute approximate surface area is 140 Å². The summed E-state index contributed by atoms with van der Waals surface area (Å²) in [5, 5.41) is 15.7. The lowest BCUT2D eigenvalue weighted by molar-refractivity contribution is 0.132. The zero-order valence-corrected chi connectivity index (χ0v) is 14.1. The highest BCUT2D eigenvalue weighted by atomic mass is 32.2. The molecule has 1 aliphatic carbocycles. The third kappa shape index (κ3) is 4.16. The molecule has 0 spiro atoms. The number of oxazole rings is 1. The van der Waals surface area contributed by atoms with E-state index >= 15 is 0 Å². The first-order valence-corrected chi connectivity index (χ1v) is 8.48. The Hall–Kier alpha value is -1.76. The molecule has 2 aliphatic rings. The quantitative estimate of drug-likeness (QED) is 0.720. The van der Waals surface area contributed by atoms with Crippen molar-refractivity contribution < 1.29 is 9.52 Å². The molecular formula is C17H21N3O2S. The first-order chi connectivity index (χ1) is 11.0. The Morgan fingerprint density at radius 1 is 1.52 bits per heavy atom. The van der Waals surface area contributed by atoms with E-state index < -0.39 is 11.2 Å². The predicted molar refractivity (Wildman–Crippen MR) is 93.9 cm³/mol. The second-order valence-corrected chi connectivity index (χ2v) is 7.19. The molecule has 0 aromatic carbocycles. The highest BCUT2D eigenvalue weighted by molar-refractivity contribution is 8.04. The Morgan fingerprint density at radius 2 is 2.39 bits per heavy atom. The number of hydrogen-bond donors (Lipinski definition) is 3. The van der Waals surface area contributed by atoms with E-state index in [4.69, 9.17) is 4.42 Å². The lowest BCUT2D eigenvalue weighted by atomic mass is 10.0. The van der Waals surface area contributed by atoms with Crippen molar-refractivity contribution in [3.05, 3.63) is 53.3 Å². The Kier molecular flexibility index (Phi) is 4.75. The SMILES string of the molecule is CC(O)NC1(C)NC=C(/C=C/c2ncc(C3=CC=CCC3)o2)S1. The summed E-state index contributed by atoms with van der Waals surface area (Å²) in [5.74, 6) is 1.43. The summed E-state index contributed by atoms with van der Waals surface area (Å²) in [6.07, 6.45) is 15.2. The van der Waals surface area contributed by atoms with Crippen molar-refractivity contribution >= 4 is 23.4 Å². The van der Waals surface area contributed by atoms with Crippen LogP contribution in [0.1, 0.15) is 38.3 Å². The van der Waals surface area contributed by atoms with E-state index in [1.165, 1.54) is 5.57 Å². The van der Waals surface area contributed by atoms with E-state index in [0.717, 1.165) is 23.5 Å². The monoisotopic (exact) mass is 331 g/mol. The number of thioether (sulfide) groups is 1. The van der Waals surface area contributed by atoms with Gasteiger partial charge in [-0.2, -0.15) is 0 Å². The van der Waals surface area contributed by atoms with Crippen LogP contribution in [0.5, 0.6) is 0 Å². The minimum atomic E-state index is -0.580. The van der Waals surface area contributed by atoms with Gasteiger partial charge < -0.3 is 14.8 Å². The van der Waals surface area contributed by atoms with Crippen LogP contribution in [-0.4, -0.2) is 21.3 Å². The van der Waals surface area contributed by atoms with Crippen molar-refractivity contribution in [2.45, 2.75) is 37.9 Å². The summed E-state index contributed by atoms with van der Waals surface area (Å²) in [5.41, 5.74) is 1.18. The number of hydrogen-bond acceptors (Lipinski definition) is 6. The van der Waals surface area contributed by atoms with Crippen LogP contribution < -0.4 is 10.6 Å². The van der Waals surface area contributed by atoms with Gasteiger partial charge in [-0.05, 0) is 38.3 Å². The fraction of sp³-hybridized carbons (Fsp3) is 0.353. The topological polar surface area (TPSA) is 70.3 Å². The van der Waals surface area contributed by atoms with Gasteiger partial charge in [-0.3, -0.25) is 5.32 Å². The summed E-state index contributed by atoms with van der Waals surface area (Å²) in [7, 11) is 0. The first-order valence-electron chi connectivity index (χ1n) is 7.67. The van der Waals surface area contributed by atoms with Crippen molar-refractivity contribution in [3.63, 3.8) is 0 Å². The molecule has 0 amide bonds. The van der Waals surface area contributed by atoms with E-state index in [0.29, 0.717) is 5.89 Å². The van der Waals surface area contributed by atoms with Gasteiger partial charge in [0.1, 0.15) is 11.2 Å². The van der Waals surface area contributed by atoms with Gasteiger partial charge in [-0.1, -0.05) is 30.0 Å². The molecular weight excluding hydrogens is 310 g/mol. The third-order valence-electron chi connectivity index (χ3n) is 3.54. The van der Waals surface area contributed by atoms with Gasteiger partial charge in [0.05, 0.1) is 6.20 Å². The Morgan fingerprint density at radius 3 is 3.13 bits per heavy atom. The van der Waals surface area contributed by atoms with Crippen molar-refractivity contribution in [1.82, 2.24) is 15.6 Å². The normalized spacial score (nSPS) is 25.3.